The maximum atomic E-state index is 12.4. The fourth-order valence-electron chi connectivity index (χ4n) is 11.4. The number of nitrogens with zero attached hydrogens (tertiary/aromatic N) is 7. The van der Waals surface area contributed by atoms with Gasteiger partial charge in [-0.15, -0.1) is 6.07 Å². The molecule has 0 saturated carbocycles. The molecule has 4 aromatic carbocycles. The molecule has 4 N–H and O–H groups in total. The van der Waals surface area contributed by atoms with Crippen molar-refractivity contribution < 1.29 is 86.5 Å². The van der Waals surface area contributed by atoms with E-state index in [0.717, 1.165) is 111 Å². The molecule has 5 heterocycles. The second-order valence-electron chi connectivity index (χ2n) is 19.6. The summed E-state index contributed by atoms with van der Waals surface area (Å²) in [7, 11) is 0. The average Bonchev–Trinajstić information content (AvgIpc) is 3.33. The molecule has 0 aliphatic carbocycles. The molecule has 18 nitrogen and oxygen atoms in total. The number of benzene rings is 4. The predicted octanol–water partition coefficient (Wildman–Crippen LogP) is 6.26. The van der Waals surface area contributed by atoms with E-state index in [4.69, 9.17) is 19.7 Å². The minimum atomic E-state index is -1.24. The summed E-state index contributed by atoms with van der Waals surface area (Å²) < 4.78 is 23.3. The number of hydrogen-bond donors (Lipinski definition) is 4. The van der Waals surface area contributed by atoms with Crippen LogP contribution in [0.5, 0.6) is 23.0 Å². The van der Waals surface area contributed by atoms with Crippen LogP contribution in [0.25, 0.3) is 16.0 Å². The zero-order valence-corrected chi connectivity index (χ0v) is 44.2. The van der Waals surface area contributed by atoms with Gasteiger partial charge < -0.3 is 49.3 Å². The van der Waals surface area contributed by atoms with Gasteiger partial charge in [0.2, 0.25) is 5.36 Å². The van der Waals surface area contributed by atoms with Crippen molar-refractivity contribution in [3.63, 3.8) is 0 Å². The molecule has 2 unspecified atom stereocenters. The number of aliphatic carboxylic acids is 4. The van der Waals surface area contributed by atoms with Gasteiger partial charge in [-0.25, -0.2) is 4.58 Å². The Kier molecular flexibility index (Phi) is 16.9. The molecular weight excluding hydrogens is 1010 g/mol. The van der Waals surface area contributed by atoms with E-state index < -0.39 is 56.2 Å². The van der Waals surface area contributed by atoms with Crippen molar-refractivity contribution in [3.8, 4) is 23.0 Å². The third-order valence-corrected chi connectivity index (χ3v) is 14.3. The number of fused-ring (bicyclic) bond motifs is 4. The molecule has 5 aliphatic heterocycles. The van der Waals surface area contributed by atoms with Crippen molar-refractivity contribution in [3.05, 3.63) is 108 Å². The SMILES string of the molecule is Cc1[c-]cc(N(CC(=O)O)CC(=O)O)c(OC(CCCCC(C)N=[N+]=[N-])COc2cc(C3=c4cc5c6c(c4Oc4c3cc3c7c4CCCN7CCC3)CCC[N+]=6CCC5)ccc2N(CC(=O)O)CC(=O)O)c1.[Y]. The van der Waals surface area contributed by atoms with Crippen molar-refractivity contribution in [2.75, 3.05) is 73.7 Å². The van der Waals surface area contributed by atoms with Crippen LogP contribution in [0.1, 0.15) is 97.2 Å². The van der Waals surface area contributed by atoms with Crippen molar-refractivity contribution in [2.24, 2.45) is 5.11 Å². The number of anilines is 3. The van der Waals surface area contributed by atoms with Crippen molar-refractivity contribution >= 4 is 46.5 Å². The second-order valence-corrected chi connectivity index (χ2v) is 19.6. The molecule has 0 spiro atoms. The van der Waals surface area contributed by atoms with Crippen LogP contribution in [0.15, 0.2) is 47.6 Å². The Hall–Kier alpha value is -6.36. The van der Waals surface area contributed by atoms with Crippen LogP contribution in [-0.4, -0.2) is 115 Å². The first kappa shape index (κ1) is 53.0. The van der Waals surface area contributed by atoms with Gasteiger partial charge in [0, 0.05) is 109 Å². The van der Waals surface area contributed by atoms with Crippen LogP contribution in [0.3, 0.4) is 0 Å². The standard InChI is InChI=1S/C54H61N7O11.Y/c1-32-15-17-43(61(29-48(66)67)30-49(68)69)45(23-32)71-37(12-4-3-9-33(2)56-57-55)31-70-44-26-34(16-18-42(44)60(27-46(62)63)28-47(64)65)50-40-24-35-10-5-19-58-21-7-13-38(51(35)58)53(40)72-54-39-14-8-22-59-20-6-11-36(52(39)59)25-41(50)54;/h16-18,23-26,33,37H,3-14,19-22,27-31H2,1-2H3,(H,62,63)(H,64,65)(H,66,67)(H,68,69);. The minimum absolute atomic E-state index is 0. The summed E-state index contributed by atoms with van der Waals surface area (Å²) in [5.41, 5.74) is 19.1. The molecule has 5 aliphatic rings. The summed E-state index contributed by atoms with van der Waals surface area (Å²) in [4.78, 5) is 56.7. The zero-order valence-electron chi connectivity index (χ0n) is 41.4. The molecule has 0 bridgehead atoms. The first-order chi connectivity index (χ1) is 34.8. The third kappa shape index (κ3) is 11.7. The Morgan fingerprint density at radius 1 is 0.808 bits per heavy atom. The number of carboxylic acid groups (broad SMARTS) is 4. The first-order valence-corrected chi connectivity index (χ1v) is 25.1. The van der Waals surface area contributed by atoms with Crippen LogP contribution in [-0.2, 0) is 77.6 Å². The molecular formula is C54H61N7O11Y. The average molecular weight is 1070 g/mol. The Morgan fingerprint density at radius 3 is 2.15 bits per heavy atom. The fourth-order valence-corrected chi connectivity index (χ4v) is 11.4. The Labute approximate surface area is 448 Å². The quantitative estimate of drug-likeness (QED) is 0.0149. The maximum Gasteiger partial charge on any atom is 0.323 e. The van der Waals surface area contributed by atoms with E-state index in [-0.39, 0.29) is 68.2 Å². The molecule has 19 heteroatoms. The van der Waals surface area contributed by atoms with Crippen molar-refractivity contribution in [2.45, 2.75) is 103 Å². The van der Waals surface area contributed by atoms with Crippen molar-refractivity contribution in [1.29, 1.82) is 0 Å². The van der Waals surface area contributed by atoms with E-state index in [1.54, 1.807) is 19.1 Å². The zero-order chi connectivity index (χ0) is 50.6. The Bertz CT molecular complexity index is 2970. The summed E-state index contributed by atoms with van der Waals surface area (Å²) in [5.74, 6) is -2.83. The van der Waals surface area contributed by atoms with E-state index in [0.29, 0.717) is 31.2 Å². The molecule has 1 radical (unpaired) electrons. The number of hydrogen-bond acceptors (Lipinski definition) is 11. The summed E-state index contributed by atoms with van der Waals surface area (Å²) in [6.07, 6.45) is 9.14. The number of aryl methyl sites for hydroxylation is 3. The second kappa shape index (κ2) is 23.2. The topological polar surface area (TPSA) is 238 Å². The van der Waals surface area contributed by atoms with Gasteiger partial charge in [-0.2, -0.15) is 17.7 Å². The maximum absolute atomic E-state index is 12.4. The molecule has 0 fully saturated rings. The number of carboxylic acids is 4. The number of carbonyl (C=O) groups is 4. The number of rotatable bonds is 22. The molecule has 0 amide bonds. The van der Waals surface area contributed by atoms with Crippen molar-refractivity contribution in [1.82, 2.24) is 4.58 Å². The van der Waals surface area contributed by atoms with Crippen LogP contribution >= 0.6 is 0 Å². The molecule has 2 atom stereocenters. The summed E-state index contributed by atoms with van der Waals surface area (Å²) in [5, 5.41) is 45.9. The van der Waals surface area contributed by atoms with E-state index >= 15 is 0 Å². The van der Waals surface area contributed by atoms with E-state index in [9.17, 15) is 39.6 Å². The minimum Gasteiger partial charge on any atom is -0.510 e. The van der Waals surface area contributed by atoms with Gasteiger partial charge in [0.15, 0.2) is 0 Å². The van der Waals surface area contributed by atoms with Gasteiger partial charge in [-0.3, -0.25) is 19.2 Å². The fraction of sp³-hybridized carbons (Fsp3) is 0.463. The molecule has 0 aromatic heterocycles. The van der Waals surface area contributed by atoms with Gasteiger partial charge in [0.05, 0.1) is 11.3 Å². The summed E-state index contributed by atoms with van der Waals surface area (Å²) in [6, 6.07) is 16.0. The van der Waals surface area contributed by atoms with Crippen LogP contribution < -0.4 is 44.1 Å². The normalized spacial score (nSPS) is 15.6. The smallest absolute Gasteiger partial charge is 0.323 e. The molecule has 9 rings (SSSR count). The Morgan fingerprint density at radius 2 is 1.45 bits per heavy atom. The largest absolute Gasteiger partial charge is 0.510 e. The van der Waals surface area contributed by atoms with Crippen LogP contribution in [0.2, 0.25) is 0 Å². The number of unbranched alkanes of at least 4 members (excludes halogenated alkanes) is 1. The summed E-state index contributed by atoms with van der Waals surface area (Å²) in [6.45, 7) is 4.93. The van der Waals surface area contributed by atoms with Crippen LogP contribution in [0, 0.1) is 13.0 Å². The first-order valence-electron chi connectivity index (χ1n) is 25.1. The molecule has 73 heavy (non-hydrogen) atoms. The van der Waals surface area contributed by atoms with Gasteiger partial charge >= 0.3 is 23.9 Å². The predicted molar refractivity (Wildman–Crippen MR) is 269 cm³/mol. The molecule has 381 valence electrons. The van der Waals surface area contributed by atoms with Gasteiger partial charge in [-0.1, -0.05) is 31.4 Å². The summed E-state index contributed by atoms with van der Waals surface area (Å²) >= 11 is 0. The molecule has 0 saturated heterocycles. The van der Waals surface area contributed by atoms with Gasteiger partial charge in [0.1, 0.15) is 69.2 Å². The van der Waals surface area contributed by atoms with E-state index in [1.807, 2.05) is 19.1 Å². The van der Waals surface area contributed by atoms with E-state index in [1.165, 1.54) is 49.2 Å². The third-order valence-electron chi connectivity index (χ3n) is 14.3. The monoisotopic (exact) mass is 1070 g/mol. The van der Waals surface area contributed by atoms with E-state index in [2.05, 4.69) is 37.7 Å². The molecule has 4 aromatic rings. The Balaban J connectivity index is 0.00000711. The van der Waals surface area contributed by atoms with Gasteiger partial charge in [0.25, 0.3) is 0 Å². The van der Waals surface area contributed by atoms with Crippen LogP contribution in [0.4, 0.5) is 17.1 Å². The number of azide groups is 1. The van der Waals surface area contributed by atoms with Gasteiger partial charge in [-0.05, 0) is 104 Å². The number of ether oxygens (including phenoxy) is 3.